The first kappa shape index (κ1) is 18.2. The van der Waals surface area contributed by atoms with Crippen LogP contribution in [0.4, 0.5) is 0 Å². The molecule has 1 aromatic carbocycles. The first-order valence-corrected chi connectivity index (χ1v) is 9.88. The van der Waals surface area contributed by atoms with Gasteiger partial charge >= 0.3 is 5.97 Å². The van der Waals surface area contributed by atoms with Crippen LogP contribution in [0.5, 0.6) is 5.75 Å². The maximum atomic E-state index is 12.1. The minimum absolute atomic E-state index is 0.0585. The van der Waals surface area contributed by atoms with Gasteiger partial charge in [-0.1, -0.05) is 0 Å². The Hall–Kier alpha value is -2.55. The highest BCUT2D eigenvalue weighted by Crippen LogP contribution is 2.25. The fraction of sp³-hybridized carbons (Fsp3) is 0.412. The average Bonchev–Trinajstić information content (AvgIpc) is 3.14. The Morgan fingerprint density at radius 3 is 2.85 bits per heavy atom. The van der Waals surface area contributed by atoms with Crippen LogP contribution in [-0.2, 0) is 30.6 Å². The van der Waals surface area contributed by atoms with Gasteiger partial charge in [0.05, 0.1) is 24.2 Å². The number of hydrogen-bond acceptors (Lipinski definition) is 7. The zero-order chi connectivity index (χ0) is 18.9. The highest BCUT2D eigenvalue weighted by Gasteiger charge is 2.32. The van der Waals surface area contributed by atoms with E-state index in [9.17, 15) is 23.1 Å². The van der Waals surface area contributed by atoms with Crippen molar-refractivity contribution in [2.75, 3.05) is 25.2 Å². The van der Waals surface area contributed by atoms with Crippen molar-refractivity contribution in [1.82, 2.24) is 4.90 Å². The predicted octanol–water partition coefficient (Wildman–Crippen LogP) is 0.870. The van der Waals surface area contributed by atoms with Gasteiger partial charge in [0, 0.05) is 30.1 Å². The van der Waals surface area contributed by atoms with Gasteiger partial charge in [0.15, 0.2) is 16.4 Å². The average molecular weight is 381 g/mol. The molecule has 0 aliphatic carbocycles. The third-order valence-electron chi connectivity index (χ3n) is 4.48. The maximum Gasteiger partial charge on any atom is 0.310 e. The monoisotopic (exact) mass is 381 g/mol. The maximum absolute atomic E-state index is 12.1. The van der Waals surface area contributed by atoms with Gasteiger partial charge in [-0.2, -0.15) is 0 Å². The molecular formula is C17H19NO7S. The molecule has 1 aliphatic heterocycles. The molecule has 0 saturated carbocycles. The SMILES string of the molecule is CN(C(=O)COC(=O)Cc1coc2cc(O)ccc12)[C@@H]1CCS(=O)(=O)C1. The number of ether oxygens (including phenoxy) is 1. The summed E-state index contributed by atoms with van der Waals surface area (Å²) >= 11 is 0. The lowest BCUT2D eigenvalue weighted by molar-refractivity contribution is -0.151. The quantitative estimate of drug-likeness (QED) is 0.764. The molecule has 1 N–H and O–H groups in total. The second-order valence-electron chi connectivity index (χ2n) is 6.34. The van der Waals surface area contributed by atoms with Crippen LogP contribution in [0.2, 0.25) is 0 Å². The lowest BCUT2D eigenvalue weighted by Gasteiger charge is -2.23. The normalized spacial score (nSPS) is 18.7. The number of aromatic hydroxyl groups is 1. The molecule has 26 heavy (non-hydrogen) atoms. The molecule has 140 valence electrons. The van der Waals surface area contributed by atoms with Crippen LogP contribution in [0, 0.1) is 0 Å². The van der Waals surface area contributed by atoms with Crippen LogP contribution < -0.4 is 0 Å². The van der Waals surface area contributed by atoms with Crippen LogP contribution in [0.25, 0.3) is 11.0 Å². The Kier molecular flexibility index (Phi) is 4.90. The van der Waals surface area contributed by atoms with E-state index in [0.717, 1.165) is 0 Å². The summed E-state index contributed by atoms with van der Waals surface area (Å²) in [7, 11) is -1.58. The lowest BCUT2D eigenvalue weighted by Crippen LogP contribution is -2.40. The lowest BCUT2D eigenvalue weighted by atomic mass is 10.1. The molecular weight excluding hydrogens is 362 g/mol. The molecule has 2 heterocycles. The highest BCUT2D eigenvalue weighted by molar-refractivity contribution is 7.91. The number of carbonyl (C=O) groups is 2. The molecule has 0 unspecified atom stereocenters. The summed E-state index contributed by atoms with van der Waals surface area (Å²) in [5, 5.41) is 10.1. The Labute approximate surface area is 150 Å². The number of furan rings is 1. The van der Waals surface area contributed by atoms with Crippen molar-refractivity contribution < 1.29 is 32.3 Å². The van der Waals surface area contributed by atoms with E-state index < -0.39 is 28.3 Å². The largest absolute Gasteiger partial charge is 0.508 e. The van der Waals surface area contributed by atoms with E-state index in [1.807, 2.05) is 0 Å². The molecule has 1 atom stereocenters. The number of amides is 1. The first-order valence-electron chi connectivity index (χ1n) is 8.06. The number of carbonyl (C=O) groups excluding carboxylic acids is 2. The molecule has 1 aromatic heterocycles. The van der Waals surface area contributed by atoms with Crippen LogP contribution in [0.15, 0.2) is 28.9 Å². The fourth-order valence-electron chi connectivity index (χ4n) is 2.94. The number of likely N-dealkylation sites (N-methyl/N-ethyl adjacent to an activating group) is 1. The molecule has 1 aliphatic rings. The number of rotatable bonds is 5. The van der Waals surface area contributed by atoms with Crippen LogP contribution >= 0.6 is 0 Å². The van der Waals surface area contributed by atoms with Crippen LogP contribution in [0.3, 0.4) is 0 Å². The summed E-state index contributed by atoms with van der Waals surface area (Å²) in [4.78, 5) is 25.4. The minimum atomic E-state index is -3.09. The van der Waals surface area contributed by atoms with Gasteiger partial charge in [0.2, 0.25) is 0 Å². The third-order valence-corrected chi connectivity index (χ3v) is 6.23. The molecule has 1 amide bonds. The van der Waals surface area contributed by atoms with Crippen molar-refractivity contribution >= 4 is 32.7 Å². The van der Waals surface area contributed by atoms with Crippen molar-refractivity contribution in [3.63, 3.8) is 0 Å². The van der Waals surface area contributed by atoms with E-state index >= 15 is 0 Å². The molecule has 1 saturated heterocycles. The van der Waals surface area contributed by atoms with Gasteiger partial charge in [-0.15, -0.1) is 0 Å². The van der Waals surface area contributed by atoms with E-state index in [1.165, 1.54) is 30.3 Å². The minimum Gasteiger partial charge on any atom is -0.508 e. The van der Waals surface area contributed by atoms with Gasteiger partial charge in [0.1, 0.15) is 11.3 Å². The summed E-state index contributed by atoms with van der Waals surface area (Å²) in [5.74, 6) is -0.970. The summed E-state index contributed by atoms with van der Waals surface area (Å²) in [6, 6.07) is 4.19. The Morgan fingerprint density at radius 2 is 2.15 bits per heavy atom. The third kappa shape index (κ3) is 3.98. The highest BCUT2D eigenvalue weighted by atomic mass is 32.2. The van der Waals surface area contributed by atoms with Crippen molar-refractivity contribution in [2.45, 2.75) is 18.9 Å². The predicted molar refractivity (Wildman–Crippen MR) is 92.4 cm³/mol. The standard InChI is InChI=1S/C17H19NO7S/c1-18(12-4-5-26(22,23)10-12)16(20)9-25-17(21)6-11-8-24-15-7-13(19)2-3-14(11)15/h2-3,7-8,12,19H,4-6,9-10H2,1H3/t12-/m1/s1. The number of phenols is 1. The fourth-order valence-corrected chi connectivity index (χ4v) is 4.72. The van der Waals surface area contributed by atoms with Gasteiger partial charge in [-0.3, -0.25) is 9.59 Å². The molecule has 2 aromatic rings. The summed E-state index contributed by atoms with van der Waals surface area (Å²) < 4.78 is 33.3. The number of benzene rings is 1. The number of esters is 1. The second-order valence-corrected chi connectivity index (χ2v) is 8.57. The van der Waals surface area contributed by atoms with E-state index in [0.29, 0.717) is 23.0 Å². The number of sulfone groups is 1. The number of nitrogens with zero attached hydrogens (tertiary/aromatic N) is 1. The van der Waals surface area contributed by atoms with Crippen molar-refractivity contribution in [3.8, 4) is 5.75 Å². The molecule has 0 radical (unpaired) electrons. The second kappa shape index (κ2) is 6.99. The van der Waals surface area contributed by atoms with Crippen molar-refractivity contribution in [3.05, 3.63) is 30.0 Å². The van der Waals surface area contributed by atoms with Crippen molar-refractivity contribution in [1.29, 1.82) is 0 Å². The Balaban J connectivity index is 1.54. The van der Waals surface area contributed by atoms with Crippen molar-refractivity contribution in [2.24, 2.45) is 0 Å². The number of fused-ring (bicyclic) bond motifs is 1. The Morgan fingerprint density at radius 1 is 1.38 bits per heavy atom. The summed E-state index contributed by atoms with van der Waals surface area (Å²) in [6.45, 7) is -0.442. The number of hydrogen-bond donors (Lipinski definition) is 1. The summed E-state index contributed by atoms with van der Waals surface area (Å²) in [5.41, 5.74) is 1.04. The van der Waals surface area contributed by atoms with Gasteiger partial charge in [0.25, 0.3) is 5.91 Å². The molecule has 3 rings (SSSR count). The molecule has 8 nitrogen and oxygen atoms in total. The van der Waals surface area contributed by atoms with Gasteiger partial charge in [-0.05, 0) is 18.6 Å². The van der Waals surface area contributed by atoms with E-state index in [-0.39, 0.29) is 29.7 Å². The zero-order valence-electron chi connectivity index (χ0n) is 14.2. The molecule has 1 fully saturated rings. The molecule has 9 heteroatoms. The van der Waals surface area contributed by atoms with Crippen LogP contribution in [0.1, 0.15) is 12.0 Å². The Bertz CT molecular complexity index is 947. The van der Waals surface area contributed by atoms with E-state index in [1.54, 1.807) is 6.07 Å². The molecule has 0 bridgehead atoms. The topological polar surface area (TPSA) is 114 Å². The van der Waals surface area contributed by atoms with Crippen LogP contribution in [-0.4, -0.2) is 61.5 Å². The van der Waals surface area contributed by atoms with E-state index in [2.05, 4.69) is 0 Å². The number of phenolic OH excluding ortho intramolecular Hbond substituents is 1. The first-order chi connectivity index (χ1) is 12.2. The van der Waals surface area contributed by atoms with Gasteiger partial charge < -0.3 is 19.2 Å². The molecule has 0 spiro atoms. The zero-order valence-corrected chi connectivity index (χ0v) is 15.0. The smallest absolute Gasteiger partial charge is 0.310 e. The van der Waals surface area contributed by atoms with E-state index in [4.69, 9.17) is 9.15 Å². The summed E-state index contributed by atoms with van der Waals surface area (Å²) in [6.07, 6.45) is 1.72. The van der Waals surface area contributed by atoms with Gasteiger partial charge in [-0.25, -0.2) is 8.42 Å².